The van der Waals surface area contributed by atoms with Gasteiger partial charge in [0.1, 0.15) is 0 Å². The van der Waals surface area contributed by atoms with Crippen molar-refractivity contribution in [2.75, 3.05) is 13.1 Å². The van der Waals surface area contributed by atoms with E-state index in [0.29, 0.717) is 30.9 Å². The molecule has 0 radical (unpaired) electrons. The first-order chi connectivity index (χ1) is 10.2. The van der Waals surface area contributed by atoms with Crippen LogP contribution in [0, 0.1) is 0 Å². The molecule has 1 aliphatic heterocycles. The van der Waals surface area contributed by atoms with Gasteiger partial charge in [0, 0.05) is 31.7 Å². The predicted molar refractivity (Wildman–Crippen MR) is 77.1 cm³/mol. The molecule has 1 saturated heterocycles. The molecule has 0 saturated carbocycles. The van der Waals surface area contributed by atoms with Gasteiger partial charge < -0.3 is 10.0 Å². The topological polar surface area (TPSA) is 71.2 Å². The lowest BCUT2D eigenvalue weighted by Crippen LogP contribution is -2.32. The van der Waals surface area contributed by atoms with Gasteiger partial charge in [-0.1, -0.05) is 0 Å². The molecule has 110 valence electrons. The SMILES string of the molecule is O=C(c1ccc(-n2cccn2)nc1)N1CCCC(O)CC1. The number of amides is 1. The molecule has 0 bridgehead atoms. The zero-order valence-electron chi connectivity index (χ0n) is 11.7. The fraction of sp³-hybridized carbons (Fsp3) is 0.400. The maximum Gasteiger partial charge on any atom is 0.255 e. The highest BCUT2D eigenvalue weighted by Gasteiger charge is 2.20. The van der Waals surface area contributed by atoms with E-state index < -0.39 is 0 Å². The summed E-state index contributed by atoms with van der Waals surface area (Å²) in [7, 11) is 0. The molecular weight excluding hydrogens is 268 g/mol. The molecule has 1 aliphatic rings. The van der Waals surface area contributed by atoms with Crippen LogP contribution in [0.4, 0.5) is 0 Å². The van der Waals surface area contributed by atoms with E-state index >= 15 is 0 Å². The van der Waals surface area contributed by atoms with Gasteiger partial charge >= 0.3 is 0 Å². The zero-order chi connectivity index (χ0) is 14.7. The standard InChI is InChI=1S/C15H18N4O2/c20-13-3-1-8-18(10-6-13)15(21)12-4-5-14(16-11-12)19-9-2-7-17-19/h2,4-5,7,9,11,13,20H,1,3,6,8,10H2. The van der Waals surface area contributed by atoms with E-state index in [9.17, 15) is 9.90 Å². The van der Waals surface area contributed by atoms with Crippen LogP contribution < -0.4 is 0 Å². The fourth-order valence-electron chi connectivity index (χ4n) is 2.52. The quantitative estimate of drug-likeness (QED) is 0.902. The Balaban J connectivity index is 1.73. The van der Waals surface area contributed by atoms with Crippen molar-refractivity contribution in [2.45, 2.75) is 25.4 Å². The Kier molecular flexibility index (Phi) is 3.96. The number of aromatic nitrogens is 3. The third kappa shape index (κ3) is 3.11. The van der Waals surface area contributed by atoms with Gasteiger partial charge in [-0.25, -0.2) is 9.67 Å². The van der Waals surface area contributed by atoms with Gasteiger partial charge in [-0.05, 0) is 37.5 Å². The fourth-order valence-corrected chi connectivity index (χ4v) is 2.52. The second kappa shape index (κ2) is 6.05. The van der Waals surface area contributed by atoms with Crippen LogP contribution in [-0.2, 0) is 0 Å². The normalized spacial score (nSPS) is 19.3. The smallest absolute Gasteiger partial charge is 0.255 e. The zero-order valence-corrected chi connectivity index (χ0v) is 11.7. The summed E-state index contributed by atoms with van der Waals surface area (Å²) in [5.74, 6) is 0.659. The van der Waals surface area contributed by atoms with Crippen molar-refractivity contribution in [3.63, 3.8) is 0 Å². The molecular formula is C15H18N4O2. The van der Waals surface area contributed by atoms with Crippen molar-refractivity contribution < 1.29 is 9.90 Å². The van der Waals surface area contributed by atoms with E-state index in [0.717, 1.165) is 12.8 Å². The summed E-state index contributed by atoms with van der Waals surface area (Å²) in [6.45, 7) is 1.29. The van der Waals surface area contributed by atoms with Crippen LogP contribution in [0.2, 0.25) is 0 Å². The first-order valence-electron chi connectivity index (χ1n) is 7.17. The molecule has 0 aromatic carbocycles. The number of hydrogen-bond acceptors (Lipinski definition) is 4. The van der Waals surface area contributed by atoms with Crippen molar-refractivity contribution in [3.8, 4) is 5.82 Å². The highest BCUT2D eigenvalue weighted by molar-refractivity contribution is 5.94. The molecule has 0 aliphatic carbocycles. The van der Waals surface area contributed by atoms with E-state index in [1.165, 1.54) is 0 Å². The Hall–Kier alpha value is -2.21. The van der Waals surface area contributed by atoms with Gasteiger partial charge in [0.15, 0.2) is 5.82 Å². The van der Waals surface area contributed by atoms with Crippen molar-refractivity contribution in [2.24, 2.45) is 0 Å². The number of likely N-dealkylation sites (tertiary alicyclic amines) is 1. The lowest BCUT2D eigenvalue weighted by atomic mass is 10.2. The number of rotatable bonds is 2. The molecule has 1 N–H and O–H groups in total. The Labute approximate surface area is 123 Å². The van der Waals surface area contributed by atoms with Crippen LogP contribution in [0.1, 0.15) is 29.6 Å². The van der Waals surface area contributed by atoms with Crippen LogP contribution in [0.5, 0.6) is 0 Å². The third-order valence-corrected chi connectivity index (χ3v) is 3.72. The Bertz CT molecular complexity index is 595. The number of carbonyl (C=O) groups excluding carboxylic acids is 1. The molecule has 1 unspecified atom stereocenters. The summed E-state index contributed by atoms with van der Waals surface area (Å²) < 4.78 is 1.65. The number of nitrogens with zero attached hydrogens (tertiary/aromatic N) is 4. The molecule has 1 fully saturated rings. The van der Waals surface area contributed by atoms with Crippen molar-refractivity contribution in [1.82, 2.24) is 19.7 Å². The van der Waals surface area contributed by atoms with Gasteiger partial charge in [0.25, 0.3) is 5.91 Å². The van der Waals surface area contributed by atoms with Gasteiger partial charge in [-0.3, -0.25) is 4.79 Å². The molecule has 1 atom stereocenters. The molecule has 6 nitrogen and oxygen atoms in total. The van der Waals surface area contributed by atoms with Crippen LogP contribution >= 0.6 is 0 Å². The Morgan fingerprint density at radius 2 is 2.19 bits per heavy atom. The predicted octanol–water partition coefficient (Wildman–Crippen LogP) is 1.25. The molecule has 3 rings (SSSR count). The average Bonchev–Trinajstić information content (AvgIpc) is 2.96. The summed E-state index contributed by atoms with van der Waals surface area (Å²) in [6.07, 6.45) is 7.03. The average molecular weight is 286 g/mol. The summed E-state index contributed by atoms with van der Waals surface area (Å²) in [5, 5.41) is 13.7. The lowest BCUT2D eigenvalue weighted by Gasteiger charge is -2.20. The molecule has 3 heterocycles. The number of aliphatic hydroxyl groups excluding tert-OH is 1. The highest BCUT2D eigenvalue weighted by atomic mass is 16.3. The maximum atomic E-state index is 12.4. The minimum Gasteiger partial charge on any atom is -0.393 e. The lowest BCUT2D eigenvalue weighted by molar-refractivity contribution is 0.0752. The van der Waals surface area contributed by atoms with Crippen LogP contribution in [0.25, 0.3) is 5.82 Å². The van der Waals surface area contributed by atoms with Crippen molar-refractivity contribution in [3.05, 3.63) is 42.4 Å². The van der Waals surface area contributed by atoms with E-state index in [2.05, 4.69) is 10.1 Å². The number of carbonyl (C=O) groups is 1. The molecule has 2 aromatic rings. The minimum absolute atomic E-state index is 0.0244. The van der Waals surface area contributed by atoms with Gasteiger partial charge in [0.2, 0.25) is 0 Å². The Morgan fingerprint density at radius 3 is 2.90 bits per heavy atom. The molecule has 0 spiro atoms. The van der Waals surface area contributed by atoms with Crippen molar-refractivity contribution >= 4 is 5.91 Å². The first kappa shape index (κ1) is 13.8. The van der Waals surface area contributed by atoms with Crippen molar-refractivity contribution in [1.29, 1.82) is 0 Å². The number of hydrogen-bond donors (Lipinski definition) is 1. The molecule has 1 amide bonds. The van der Waals surface area contributed by atoms with Gasteiger partial charge in [-0.2, -0.15) is 5.10 Å². The number of aliphatic hydroxyl groups is 1. The minimum atomic E-state index is -0.289. The van der Waals surface area contributed by atoms with Gasteiger partial charge in [-0.15, -0.1) is 0 Å². The molecule has 21 heavy (non-hydrogen) atoms. The number of pyridine rings is 1. The maximum absolute atomic E-state index is 12.4. The molecule has 6 heteroatoms. The van der Waals surface area contributed by atoms with E-state index in [4.69, 9.17) is 0 Å². The highest BCUT2D eigenvalue weighted by Crippen LogP contribution is 2.14. The monoisotopic (exact) mass is 286 g/mol. The second-order valence-electron chi connectivity index (χ2n) is 5.23. The Morgan fingerprint density at radius 1 is 1.29 bits per heavy atom. The molecule has 2 aromatic heterocycles. The van der Waals surface area contributed by atoms with Gasteiger partial charge in [0.05, 0.1) is 11.7 Å². The third-order valence-electron chi connectivity index (χ3n) is 3.72. The summed E-state index contributed by atoms with van der Waals surface area (Å²) in [4.78, 5) is 18.5. The van der Waals surface area contributed by atoms with E-state index in [1.54, 1.807) is 40.3 Å². The largest absolute Gasteiger partial charge is 0.393 e. The summed E-state index contributed by atoms with van der Waals surface area (Å²) in [6, 6.07) is 5.38. The second-order valence-corrected chi connectivity index (χ2v) is 5.23. The first-order valence-corrected chi connectivity index (χ1v) is 7.17. The summed E-state index contributed by atoms with van der Waals surface area (Å²) >= 11 is 0. The van der Waals surface area contributed by atoms with E-state index in [-0.39, 0.29) is 12.0 Å². The van der Waals surface area contributed by atoms with Crippen LogP contribution in [0.3, 0.4) is 0 Å². The van der Waals surface area contributed by atoms with E-state index in [1.807, 2.05) is 6.07 Å². The summed E-state index contributed by atoms with van der Waals surface area (Å²) in [5.41, 5.74) is 0.572. The van der Waals surface area contributed by atoms with Crippen LogP contribution in [0.15, 0.2) is 36.8 Å². The van der Waals surface area contributed by atoms with Crippen LogP contribution in [-0.4, -0.2) is 49.9 Å².